The van der Waals surface area contributed by atoms with Crippen LogP contribution in [0, 0.1) is 11.3 Å². The molecule has 2 heterocycles. The Hall–Kier alpha value is -3.50. The number of aryl methyl sites for hydroxylation is 2. The lowest BCUT2D eigenvalue weighted by Gasteiger charge is -2.16. The number of carboxylic acid groups (broad SMARTS) is 1. The monoisotopic (exact) mass is 373 g/mol. The zero-order valence-electron chi connectivity index (χ0n) is 15.2. The fraction of sp³-hybridized carbons (Fsp3) is 0.238. The highest BCUT2D eigenvalue weighted by molar-refractivity contribution is 5.91. The Morgan fingerprint density at radius 3 is 2.93 bits per heavy atom. The molecular weight excluding hydrogens is 354 g/mol. The zero-order chi connectivity index (χ0) is 19.7. The third kappa shape index (κ3) is 3.04. The number of aromatic carboxylic acids is 1. The smallest absolute Gasteiger partial charge is 0.354 e. The standard InChI is InChI=1S/C21H19N5O2/c22-7-2-8-26-20(21(27)28)16-6-5-15-12-24-18(10-17(15)19(16)25-26)14-4-1-3-13(9-14)11-23/h1,3-4,9-10,12H,2,5-8,22H2,(H,27,28). The molecular formula is C21H19N5O2. The van der Waals surface area contributed by atoms with Crippen LogP contribution in [0.3, 0.4) is 0 Å². The number of hydrogen-bond donors (Lipinski definition) is 2. The van der Waals surface area contributed by atoms with Gasteiger partial charge in [0.2, 0.25) is 0 Å². The van der Waals surface area contributed by atoms with Gasteiger partial charge >= 0.3 is 5.97 Å². The van der Waals surface area contributed by atoms with Crippen molar-refractivity contribution in [3.05, 3.63) is 58.9 Å². The van der Waals surface area contributed by atoms with Gasteiger partial charge in [-0.15, -0.1) is 0 Å². The highest BCUT2D eigenvalue weighted by Gasteiger charge is 2.28. The van der Waals surface area contributed by atoms with E-state index < -0.39 is 5.97 Å². The molecule has 140 valence electrons. The van der Waals surface area contributed by atoms with E-state index >= 15 is 0 Å². The molecule has 0 spiro atoms. The van der Waals surface area contributed by atoms with Crippen LogP contribution in [0.2, 0.25) is 0 Å². The summed E-state index contributed by atoms with van der Waals surface area (Å²) in [5, 5.41) is 23.5. The Morgan fingerprint density at radius 2 is 2.18 bits per heavy atom. The van der Waals surface area contributed by atoms with E-state index in [1.807, 2.05) is 24.4 Å². The lowest BCUT2D eigenvalue weighted by molar-refractivity contribution is 0.0681. The summed E-state index contributed by atoms with van der Waals surface area (Å²) < 4.78 is 1.56. The van der Waals surface area contributed by atoms with Gasteiger partial charge in [0.05, 0.1) is 23.0 Å². The average molecular weight is 373 g/mol. The molecule has 1 aromatic carbocycles. The quantitative estimate of drug-likeness (QED) is 0.710. The Morgan fingerprint density at radius 1 is 1.32 bits per heavy atom. The van der Waals surface area contributed by atoms with Crippen molar-refractivity contribution in [3.63, 3.8) is 0 Å². The van der Waals surface area contributed by atoms with Crippen molar-refractivity contribution in [3.8, 4) is 28.6 Å². The number of benzene rings is 1. The number of nitriles is 1. The molecule has 28 heavy (non-hydrogen) atoms. The second-order valence-corrected chi connectivity index (χ2v) is 6.77. The Balaban J connectivity index is 1.84. The van der Waals surface area contributed by atoms with Gasteiger partial charge in [-0.2, -0.15) is 10.4 Å². The Kier molecular flexibility index (Phi) is 4.63. The lowest BCUT2D eigenvalue weighted by Crippen LogP contribution is -2.14. The summed E-state index contributed by atoms with van der Waals surface area (Å²) in [6.45, 7) is 0.950. The number of carbonyl (C=O) groups is 1. The molecule has 0 bridgehead atoms. The highest BCUT2D eigenvalue weighted by atomic mass is 16.4. The van der Waals surface area contributed by atoms with E-state index in [0.29, 0.717) is 37.2 Å². The van der Waals surface area contributed by atoms with Crippen molar-refractivity contribution in [2.75, 3.05) is 6.54 Å². The molecule has 2 aromatic heterocycles. The molecule has 0 fully saturated rings. The molecule has 0 saturated heterocycles. The molecule has 1 aliphatic rings. The van der Waals surface area contributed by atoms with E-state index in [9.17, 15) is 9.90 Å². The maximum atomic E-state index is 11.9. The van der Waals surface area contributed by atoms with Crippen LogP contribution in [0.15, 0.2) is 36.5 Å². The van der Waals surface area contributed by atoms with E-state index in [2.05, 4.69) is 16.2 Å². The van der Waals surface area contributed by atoms with Crippen LogP contribution in [-0.4, -0.2) is 32.4 Å². The van der Waals surface area contributed by atoms with Gasteiger partial charge in [0, 0.05) is 29.4 Å². The number of pyridine rings is 1. The van der Waals surface area contributed by atoms with Crippen molar-refractivity contribution < 1.29 is 9.90 Å². The maximum Gasteiger partial charge on any atom is 0.354 e. The predicted molar refractivity (Wildman–Crippen MR) is 104 cm³/mol. The van der Waals surface area contributed by atoms with Crippen molar-refractivity contribution in [1.82, 2.24) is 14.8 Å². The number of carboxylic acids is 1. The Labute approximate surface area is 162 Å². The number of nitrogens with zero attached hydrogens (tertiary/aromatic N) is 4. The summed E-state index contributed by atoms with van der Waals surface area (Å²) in [7, 11) is 0. The first-order valence-corrected chi connectivity index (χ1v) is 9.15. The molecule has 0 atom stereocenters. The number of fused-ring (bicyclic) bond motifs is 3. The fourth-order valence-electron chi connectivity index (χ4n) is 3.66. The fourth-order valence-corrected chi connectivity index (χ4v) is 3.66. The maximum absolute atomic E-state index is 11.9. The van der Waals surface area contributed by atoms with Crippen molar-refractivity contribution in [2.24, 2.45) is 5.73 Å². The summed E-state index contributed by atoms with van der Waals surface area (Å²) >= 11 is 0. The zero-order valence-corrected chi connectivity index (χ0v) is 15.2. The van der Waals surface area contributed by atoms with Gasteiger partial charge < -0.3 is 10.8 Å². The number of aromatic nitrogens is 3. The van der Waals surface area contributed by atoms with E-state index in [0.717, 1.165) is 34.4 Å². The first-order valence-electron chi connectivity index (χ1n) is 9.15. The molecule has 0 radical (unpaired) electrons. The molecule has 0 amide bonds. The van der Waals surface area contributed by atoms with Gasteiger partial charge in [-0.3, -0.25) is 9.67 Å². The summed E-state index contributed by atoms with van der Waals surface area (Å²) in [5.74, 6) is -0.967. The van der Waals surface area contributed by atoms with Gasteiger partial charge in [-0.05, 0) is 49.6 Å². The van der Waals surface area contributed by atoms with Gasteiger partial charge in [0.25, 0.3) is 0 Å². The lowest BCUT2D eigenvalue weighted by atomic mass is 9.89. The SMILES string of the molecule is N#Cc1cccc(-c2cc3c(cn2)CCc2c-3nn(CCCN)c2C(=O)O)c1. The minimum Gasteiger partial charge on any atom is -0.477 e. The largest absolute Gasteiger partial charge is 0.477 e. The van der Waals surface area contributed by atoms with Crippen LogP contribution < -0.4 is 5.73 Å². The molecule has 3 N–H and O–H groups in total. The minimum absolute atomic E-state index is 0.249. The first kappa shape index (κ1) is 17.9. The van der Waals surface area contributed by atoms with Crippen LogP contribution in [0.25, 0.3) is 22.5 Å². The Bertz CT molecular complexity index is 1110. The van der Waals surface area contributed by atoms with Crippen molar-refractivity contribution in [2.45, 2.75) is 25.8 Å². The van der Waals surface area contributed by atoms with Crippen LogP contribution >= 0.6 is 0 Å². The normalized spacial score (nSPS) is 12.1. The van der Waals surface area contributed by atoms with Crippen LogP contribution in [0.4, 0.5) is 0 Å². The molecule has 0 saturated carbocycles. The summed E-state index contributed by atoms with van der Waals surface area (Å²) in [6.07, 6.45) is 3.83. The van der Waals surface area contributed by atoms with E-state index in [1.165, 1.54) is 0 Å². The van der Waals surface area contributed by atoms with Crippen LogP contribution in [0.5, 0.6) is 0 Å². The molecule has 7 nitrogen and oxygen atoms in total. The van der Waals surface area contributed by atoms with Gasteiger partial charge in [0.15, 0.2) is 0 Å². The molecule has 3 aromatic rings. The number of rotatable bonds is 5. The van der Waals surface area contributed by atoms with Crippen molar-refractivity contribution >= 4 is 5.97 Å². The number of hydrogen-bond acceptors (Lipinski definition) is 5. The summed E-state index contributed by atoms with van der Waals surface area (Å²) in [4.78, 5) is 16.4. The highest BCUT2D eigenvalue weighted by Crippen LogP contribution is 2.36. The first-order chi connectivity index (χ1) is 13.6. The minimum atomic E-state index is -0.967. The van der Waals surface area contributed by atoms with E-state index in [4.69, 9.17) is 11.0 Å². The third-order valence-corrected chi connectivity index (χ3v) is 5.00. The second-order valence-electron chi connectivity index (χ2n) is 6.77. The van der Waals surface area contributed by atoms with Crippen LogP contribution in [0.1, 0.15) is 33.6 Å². The predicted octanol–water partition coefficient (Wildman–Crippen LogP) is 2.63. The van der Waals surface area contributed by atoms with Gasteiger partial charge in [-0.1, -0.05) is 12.1 Å². The summed E-state index contributed by atoms with van der Waals surface area (Å²) in [5.41, 5.74) is 11.4. The van der Waals surface area contributed by atoms with E-state index in [1.54, 1.807) is 16.8 Å². The molecule has 0 unspecified atom stereocenters. The van der Waals surface area contributed by atoms with Crippen LogP contribution in [-0.2, 0) is 19.4 Å². The summed E-state index contributed by atoms with van der Waals surface area (Å²) in [6, 6.07) is 11.3. The molecule has 7 heteroatoms. The van der Waals surface area contributed by atoms with Gasteiger partial charge in [0.1, 0.15) is 5.69 Å². The van der Waals surface area contributed by atoms with Gasteiger partial charge in [-0.25, -0.2) is 4.79 Å². The average Bonchev–Trinajstić information content (AvgIpc) is 3.11. The molecule has 1 aliphatic carbocycles. The molecule has 0 aliphatic heterocycles. The second kappa shape index (κ2) is 7.25. The topological polar surface area (TPSA) is 118 Å². The number of nitrogens with two attached hydrogens (primary N) is 1. The van der Waals surface area contributed by atoms with E-state index in [-0.39, 0.29) is 5.69 Å². The van der Waals surface area contributed by atoms with Crippen molar-refractivity contribution in [1.29, 1.82) is 5.26 Å². The molecule has 4 rings (SSSR count). The third-order valence-electron chi connectivity index (χ3n) is 5.00.